The van der Waals surface area contributed by atoms with Gasteiger partial charge >= 0.3 is 0 Å². The van der Waals surface area contributed by atoms with Crippen molar-refractivity contribution in [2.24, 2.45) is 5.92 Å². The van der Waals surface area contributed by atoms with Crippen LogP contribution in [0.2, 0.25) is 0 Å². The third-order valence-electron chi connectivity index (χ3n) is 4.64. The van der Waals surface area contributed by atoms with E-state index in [2.05, 4.69) is 15.5 Å². The lowest BCUT2D eigenvalue weighted by Gasteiger charge is -2.29. The van der Waals surface area contributed by atoms with E-state index < -0.39 is 9.84 Å². The summed E-state index contributed by atoms with van der Waals surface area (Å²) in [6.45, 7) is 6.56. The summed E-state index contributed by atoms with van der Waals surface area (Å²) in [5.74, 6) is 0.542. The molecule has 10 heteroatoms. The Kier molecular flexibility index (Phi) is 6.39. The zero-order valence-electron chi connectivity index (χ0n) is 16.3. The van der Waals surface area contributed by atoms with Crippen molar-refractivity contribution >= 4 is 27.5 Å². The van der Waals surface area contributed by atoms with Crippen molar-refractivity contribution in [3.8, 4) is 5.69 Å². The van der Waals surface area contributed by atoms with Crippen LogP contribution in [0, 0.1) is 12.8 Å². The first-order chi connectivity index (χ1) is 13.3. The van der Waals surface area contributed by atoms with Gasteiger partial charge in [-0.2, -0.15) is 4.68 Å². The van der Waals surface area contributed by atoms with Gasteiger partial charge in [0.15, 0.2) is 9.84 Å². The summed E-state index contributed by atoms with van der Waals surface area (Å²) in [6, 6.07) is 7.51. The number of carbonyl (C=O) groups is 1. The van der Waals surface area contributed by atoms with E-state index in [0.29, 0.717) is 18.1 Å². The summed E-state index contributed by atoms with van der Waals surface area (Å²) in [4.78, 5) is 14.6. The lowest BCUT2D eigenvalue weighted by molar-refractivity contribution is -0.130. The fourth-order valence-corrected chi connectivity index (χ4v) is 5.80. The van der Waals surface area contributed by atoms with Crippen molar-refractivity contribution in [3.05, 3.63) is 29.8 Å². The van der Waals surface area contributed by atoms with Gasteiger partial charge in [-0.1, -0.05) is 43.8 Å². The Morgan fingerprint density at radius 2 is 2.11 bits per heavy atom. The third-order valence-corrected chi connectivity index (χ3v) is 7.30. The number of sulfone groups is 1. The number of aromatic nitrogens is 4. The third kappa shape index (κ3) is 4.91. The van der Waals surface area contributed by atoms with E-state index in [4.69, 9.17) is 0 Å². The molecule has 28 heavy (non-hydrogen) atoms. The van der Waals surface area contributed by atoms with Crippen molar-refractivity contribution < 1.29 is 13.2 Å². The summed E-state index contributed by atoms with van der Waals surface area (Å²) in [5.41, 5.74) is 1.89. The smallest absolute Gasteiger partial charge is 0.233 e. The number of benzene rings is 1. The van der Waals surface area contributed by atoms with Crippen LogP contribution in [0.3, 0.4) is 0 Å². The van der Waals surface area contributed by atoms with Gasteiger partial charge in [0.25, 0.3) is 0 Å². The van der Waals surface area contributed by atoms with E-state index in [-0.39, 0.29) is 35.1 Å². The first-order valence-corrected chi connectivity index (χ1v) is 12.0. The number of carbonyl (C=O) groups excluding carboxylic acids is 1. The predicted molar refractivity (Wildman–Crippen MR) is 108 cm³/mol. The molecule has 3 rings (SSSR count). The Hall–Kier alpha value is -1.94. The Morgan fingerprint density at radius 3 is 2.75 bits per heavy atom. The summed E-state index contributed by atoms with van der Waals surface area (Å²) in [7, 11) is -3.05. The molecule has 152 valence electrons. The largest absolute Gasteiger partial charge is 0.338 e. The minimum absolute atomic E-state index is 0.0527. The summed E-state index contributed by atoms with van der Waals surface area (Å²) in [6.07, 6.45) is 0.506. The molecule has 1 aromatic heterocycles. The lowest BCUT2D eigenvalue weighted by Crippen LogP contribution is -2.44. The van der Waals surface area contributed by atoms with Gasteiger partial charge in [-0.05, 0) is 41.3 Å². The summed E-state index contributed by atoms with van der Waals surface area (Å²) >= 11 is 1.27. The number of hydrogen-bond donors (Lipinski definition) is 0. The minimum Gasteiger partial charge on any atom is -0.338 e. The average Bonchev–Trinajstić information content (AvgIpc) is 3.24. The molecule has 2 aromatic rings. The van der Waals surface area contributed by atoms with E-state index in [0.717, 1.165) is 11.3 Å². The molecule has 1 amide bonds. The molecule has 0 unspecified atom stereocenters. The first kappa shape index (κ1) is 20.8. The minimum atomic E-state index is -3.05. The van der Waals surface area contributed by atoms with Crippen LogP contribution in [0.25, 0.3) is 5.69 Å². The zero-order chi connectivity index (χ0) is 20.3. The Balaban J connectivity index is 1.72. The van der Waals surface area contributed by atoms with Crippen LogP contribution in [0.4, 0.5) is 0 Å². The molecule has 0 radical (unpaired) electrons. The Morgan fingerprint density at radius 1 is 1.36 bits per heavy atom. The SMILES string of the molecule is Cc1ccccc1-n1nnnc1SCC(=O)N(CC(C)C)[C@H]1CCS(=O)(=O)C1. The highest BCUT2D eigenvalue weighted by molar-refractivity contribution is 7.99. The van der Waals surface area contributed by atoms with Crippen LogP contribution < -0.4 is 0 Å². The molecule has 2 heterocycles. The maximum absolute atomic E-state index is 12.9. The predicted octanol–water partition coefficient (Wildman–Crippen LogP) is 1.73. The van der Waals surface area contributed by atoms with Crippen molar-refractivity contribution in [3.63, 3.8) is 0 Å². The Bertz CT molecular complexity index is 942. The second kappa shape index (κ2) is 8.60. The number of hydrogen-bond acceptors (Lipinski definition) is 7. The number of para-hydroxylation sites is 1. The van der Waals surface area contributed by atoms with E-state index in [1.54, 1.807) is 9.58 Å². The van der Waals surface area contributed by atoms with Crippen LogP contribution >= 0.6 is 11.8 Å². The van der Waals surface area contributed by atoms with Gasteiger partial charge in [0.1, 0.15) is 0 Å². The second-order valence-corrected chi connectivity index (χ2v) is 10.6. The number of nitrogens with zero attached hydrogens (tertiary/aromatic N) is 5. The molecule has 1 atom stereocenters. The molecule has 8 nitrogen and oxygen atoms in total. The molecule has 1 aliphatic rings. The van der Waals surface area contributed by atoms with Gasteiger partial charge in [0, 0.05) is 12.6 Å². The van der Waals surface area contributed by atoms with Crippen LogP contribution in [-0.4, -0.2) is 69.3 Å². The second-order valence-electron chi connectivity index (χ2n) is 7.45. The molecule has 0 N–H and O–H groups in total. The monoisotopic (exact) mass is 423 g/mol. The highest BCUT2D eigenvalue weighted by Crippen LogP contribution is 2.23. The molecule has 0 aliphatic carbocycles. The highest BCUT2D eigenvalue weighted by Gasteiger charge is 2.34. The fraction of sp³-hybridized carbons (Fsp3) is 0.556. The van der Waals surface area contributed by atoms with Crippen molar-refractivity contribution in [1.29, 1.82) is 0 Å². The van der Waals surface area contributed by atoms with E-state index in [9.17, 15) is 13.2 Å². The summed E-state index contributed by atoms with van der Waals surface area (Å²) in [5, 5.41) is 12.4. The molecule has 0 spiro atoms. The number of amides is 1. The van der Waals surface area contributed by atoms with Gasteiger partial charge < -0.3 is 4.90 Å². The molecule has 1 fully saturated rings. The van der Waals surface area contributed by atoms with Crippen molar-refractivity contribution in [1.82, 2.24) is 25.1 Å². The van der Waals surface area contributed by atoms with Crippen LogP contribution in [0.5, 0.6) is 0 Å². The number of rotatable bonds is 7. The Labute approximate surface area is 169 Å². The standard InChI is InChI=1S/C18H25N5O3S2/c1-13(2)10-22(15-8-9-28(25,26)12-15)17(24)11-27-18-19-20-21-23(18)16-7-5-4-6-14(16)3/h4-7,13,15H,8-12H2,1-3H3/t15-/m0/s1. The topological polar surface area (TPSA) is 98.1 Å². The summed E-state index contributed by atoms with van der Waals surface area (Å²) < 4.78 is 25.3. The van der Waals surface area contributed by atoms with Crippen molar-refractivity contribution in [2.45, 2.75) is 38.4 Å². The average molecular weight is 424 g/mol. The maximum atomic E-state index is 12.9. The van der Waals surface area contributed by atoms with Crippen LogP contribution in [0.15, 0.2) is 29.4 Å². The van der Waals surface area contributed by atoms with E-state index in [1.807, 2.05) is 45.0 Å². The normalized spacial score (nSPS) is 18.5. The molecule has 0 saturated carbocycles. The molecular weight excluding hydrogens is 398 g/mol. The van der Waals surface area contributed by atoms with Crippen LogP contribution in [-0.2, 0) is 14.6 Å². The van der Waals surface area contributed by atoms with Crippen molar-refractivity contribution in [2.75, 3.05) is 23.8 Å². The number of aryl methyl sites for hydroxylation is 1. The number of thioether (sulfide) groups is 1. The zero-order valence-corrected chi connectivity index (χ0v) is 17.9. The van der Waals surface area contributed by atoms with E-state index >= 15 is 0 Å². The fourth-order valence-electron chi connectivity index (χ4n) is 3.30. The molecule has 0 bridgehead atoms. The molecule has 1 saturated heterocycles. The molecule has 1 aliphatic heterocycles. The van der Waals surface area contributed by atoms with Gasteiger partial charge in [0.2, 0.25) is 11.1 Å². The van der Waals surface area contributed by atoms with Gasteiger partial charge in [-0.3, -0.25) is 4.79 Å². The number of tetrazole rings is 1. The van der Waals surface area contributed by atoms with Gasteiger partial charge in [0.05, 0.1) is 22.9 Å². The van der Waals surface area contributed by atoms with Crippen LogP contribution in [0.1, 0.15) is 25.8 Å². The highest BCUT2D eigenvalue weighted by atomic mass is 32.2. The molecule has 1 aromatic carbocycles. The quantitative estimate of drug-likeness (QED) is 0.626. The lowest BCUT2D eigenvalue weighted by atomic mass is 10.1. The van der Waals surface area contributed by atoms with E-state index in [1.165, 1.54) is 11.8 Å². The maximum Gasteiger partial charge on any atom is 0.233 e. The molecular formula is C18H25N5O3S2. The van der Waals surface area contributed by atoms with Gasteiger partial charge in [-0.25, -0.2) is 8.42 Å². The first-order valence-electron chi connectivity index (χ1n) is 9.24. The van der Waals surface area contributed by atoms with Gasteiger partial charge in [-0.15, -0.1) is 5.10 Å².